The van der Waals surface area contributed by atoms with Crippen molar-refractivity contribution in [3.05, 3.63) is 78.4 Å². The van der Waals surface area contributed by atoms with Gasteiger partial charge in [-0.15, -0.1) is 0 Å². The van der Waals surface area contributed by atoms with Crippen LogP contribution in [0, 0.1) is 0 Å². The summed E-state index contributed by atoms with van der Waals surface area (Å²) in [6, 6.07) is 17.6. The zero-order chi connectivity index (χ0) is 17.6. The van der Waals surface area contributed by atoms with Gasteiger partial charge < -0.3 is 0 Å². The van der Waals surface area contributed by atoms with E-state index in [1.165, 1.54) is 43.5 Å². The Labute approximate surface area is 155 Å². The van der Waals surface area contributed by atoms with E-state index < -0.39 is 0 Å². The van der Waals surface area contributed by atoms with Crippen LogP contribution in [0.15, 0.2) is 67.1 Å². The molecule has 0 N–H and O–H groups in total. The summed E-state index contributed by atoms with van der Waals surface area (Å²) in [4.78, 5) is 7.15. The molecule has 1 aliphatic rings. The van der Waals surface area contributed by atoms with Crippen LogP contribution in [-0.4, -0.2) is 32.3 Å². The minimum atomic E-state index is 0.652. The molecule has 26 heavy (non-hydrogen) atoms. The summed E-state index contributed by atoms with van der Waals surface area (Å²) >= 11 is 0. The molecule has 1 saturated heterocycles. The summed E-state index contributed by atoms with van der Waals surface area (Å²) in [5.41, 5.74) is 3.70. The number of piperidine rings is 1. The third kappa shape index (κ3) is 4.20. The number of aromatic nitrogens is 3. The Morgan fingerprint density at radius 1 is 1.00 bits per heavy atom. The number of hydrogen-bond acceptors (Lipinski definition) is 3. The maximum Gasteiger partial charge on any atom is 0.0648 e. The minimum absolute atomic E-state index is 0.652. The highest BCUT2D eigenvalue weighted by atomic mass is 15.3. The van der Waals surface area contributed by atoms with Crippen LogP contribution in [0.4, 0.5) is 0 Å². The van der Waals surface area contributed by atoms with Gasteiger partial charge in [-0.05, 0) is 68.1 Å². The van der Waals surface area contributed by atoms with Crippen LogP contribution in [0.1, 0.15) is 36.9 Å². The summed E-state index contributed by atoms with van der Waals surface area (Å²) in [6.45, 7) is 2.21. The molecule has 0 aliphatic carbocycles. The van der Waals surface area contributed by atoms with Crippen molar-refractivity contribution in [3.8, 4) is 5.69 Å². The molecular weight excluding hydrogens is 320 g/mol. The van der Waals surface area contributed by atoms with Gasteiger partial charge in [0.25, 0.3) is 0 Å². The van der Waals surface area contributed by atoms with E-state index in [2.05, 4.69) is 51.4 Å². The summed E-state index contributed by atoms with van der Waals surface area (Å²) in [6.07, 6.45) is 11.9. The number of hydrogen-bond donors (Lipinski definition) is 0. The minimum Gasteiger partial charge on any atom is -0.296 e. The Kier molecular flexibility index (Phi) is 5.41. The molecule has 1 aliphatic heterocycles. The standard InChI is InChI=1S/C22H26N4/c1-3-13-23-20(8-1)11-12-21-9-2-4-15-25(21)18-19-7-5-10-22(17-19)26-16-6-14-24-26/h1,3,5-8,10,13-14,16-17,21H,2,4,9,11-12,15,18H2. The quantitative estimate of drug-likeness (QED) is 0.669. The fraction of sp³-hybridized carbons (Fsp3) is 0.364. The lowest BCUT2D eigenvalue weighted by molar-refractivity contribution is 0.132. The summed E-state index contributed by atoms with van der Waals surface area (Å²) in [5.74, 6) is 0. The normalized spacial score (nSPS) is 18.1. The highest BCUT2D eigenvalue weighted by Crippen LogP contribution is 2.23. The van der Waals surface area contributed by atoms with Gasteiger partial charge in [-0.2, -0.15) is 5.10 Å². The number of likely N-dealkylation sites (tertiary alicyclic amines) is 1. The van der Waals surface area contributed by atoms with Crippen molar-refractivity contribution < 1.29 is 0 Å². The van der Waals surface area contributed by atoms with Crippen molar-refractivity contribution >= 4 is 0 Å². The van der Waals surface area contributed by atoms with E-state index >= 15 is 0 Å². The second-order valence-electron chi connectivity index (χ2n) is 7.10. The first-order valence-electron chi connectivity index (χ1n) is 9.61. The molecule has 0 bridgehead atoms. The molecule has 3 heterocycles. The van der Waals surface area contributed by atoms with E-state index in [-0.39, 0.29) is 0 Å². The first-order valence-corrected chi connectivity index (χ1v) is 9.61. The molecule has 2 aromatic heterocycles. The van der Waals surface area contributed by atoms with Crippen molar-refractivity contribution in [1.82, 2.24) is 19.7 Å². The third-order valence-corrected chi connectivity index (χ3v) is 5.27. The van der Waals surface area contributed by atoms with Crippen LogP contribution in [-0.2, 0) is 13.0 Å². The van der Waals surface area contributed by atoms with Gasteiger partial charge in [0, 0.05) is 36.9 Å². The van der Waals surface area contributed by atoms with Crippen LogP contribution in [0.2, 0.25) is 0 Å². The van der Waals surface area contributed by atoms with Gasteiger partial charge in [0.05, 0.1) is 5.69 Å². The lowest BCUT2D eigenvalue weighted by Gasteiger charge is -2.36. The number of pyridine rings is 1. The van der Waals surface area contributed by atoms with Gasteiger partial charge in [0.1, 0.15) is 0 Å². The molecule has 1 aromatic carbocycles. The average Bonchev–Trinajstić information content (AvgIpc) is 3.23. The second kappa shape index (κ2) is 8.28. The van der Waals surface area contributed by atoms with E-state index in [0.717, 1.165) is 18.7 Å². The van der Waals surface area contributed by atoms with Crippen LogP contribution in [0.3, 0.4) is 0 Å². The summed E-state index contributed by atoms with van der Waals surface area (Å²) in [5, 5.41) is 4.35. The van der Waals surface area contributed by atoms with Gasteiger partial charge in [-0.3, -0.25) is 9.88 Å². The molecule has 1 fully saturated rings. The molecule has 1 atom stereocenters. The number of nitrogens with zero attached hydrogens (tertiary/aromatic N) is 4. The van der Waals surface area contributed by atoms with Gasteiger partial charge in [-0.1, -0.05) is 24.6 Å². The molecule has 3 aromatic rings. The lowest BCUT2D eigenvalue weighted by Crippen LogP contribution is -2.39. The molecule has 0 saturated carbocycles. The monoisotopic (exact) mass is 346 g/mol. The van der Waals surface area contributed by atoms with Crippen LogP contribution < -0.4 is 0 Å². The first-order chi connectivity index (χ1) is 12.9. The fourth-order valence-electron chi connectivity index (χ4n) is 3.91. The Balaban J connectivity index is 1.43. The maximum absolute atomic E-state index is 4.48. The lowest BCUT2D eigenvalue weighted by atomic mass is 9.96. The zero-order valence-corrected chi connectivity index (χ0v) is 15.2. The van der Waals surface area contributed by atoms with Crippen LogP contribution in [0.5, 0.6) is 0 Å². The van der Waals surface area contributed by atoms with Crippen molar-refractivity contribution in [3.63, 3.8) is 0 Å². The molecule has 0 radical (unpaired) electrons. The van der Waals surface area contributed by atoms with Gasteiger partial charge >= 0.3 is 0 Å². The highest BCUT2D eigenvalue weighted by Gasteiger charge is 2.22. The Morgan fingerprint density at radius 2 is 2.00 bits per heavy atom. The molecular formula is C22H26N4. The first kappa shape index (κ1) is 17.0. The Morgan fingerprint density at radius 3 is 2.85 bits per heavy atom. The number of rotatable bonds is 6. The Hall–Kier alpha value is -2.46. The smallest absolute Gasteiger partial charge is 0.0648 e. The van der Waals surface area contributed by atoms with Gasteiger partial charge in [-0.25, -0.2) is 4.68 Å². The largest absolute Gasteiger partial charge is 0.296 e. The maximum atomic E-state index is 4.48. The molecule has 1 unspecified atom stereocenters. The van der Waals surface area contributed by atoms with Gasteiger partial charge in [0.2, 0.25) is 0 Å². The second-order valence-corrected chi connectivity index (χ2v) is 7.10. The third-order valence-electron chi connectivity index (χ3n) is 5.27. The molecule has 4 heteroatoms. The molecule has 0 amide bonds. The zero-order valence-electron chi connectivity index (χ0n) is 15.2. The molecule has 134 valence electrons. The predicted molar refractivity (Wildman–Crippen MR) is 104 cm³/mol. The van der Waals surface area contributed by atoms with Crippen molar-refractivity contribution in [2.75, 3.05) is 6.54 Å². The van der Waals surface area contributed by atoms with Crippen molar-refractivity contribution in [2.24, 2.45) is 0 Å². The molecule has 0 spiro atoms. The predicted octanol–water partition coefficient (Wildman–Crippen LogP) is 4.25. The van der Waals surface area contributed by atoms with E-state index in [1.807, 2.05) is 35.4 Å². The van der Waals surface area contributed by atoms with E-state index in [0.29, 0.717) is 6.04 Å². The highest BCUT2D eigenvalue weighted by molar-refractivity contribution is 5.35. The van der Waals surface area contributed by atoms with Crippen LogP contribution in [0.25, 0.3) is 5.69 Å². The number of benzene rings is 1. The van der Waals surface area contributed by atoms with E-state index in [1.54, 1.807) is 0 Å². The Bertz CT molecular complexity index is 798. The SMILES string of the molecule is c1ccc(CCC2CCCCN2Cc2cccc(-n3cccn3)c2)nc1. The number of aryl methyl sites for hydroxylation is 1. The molecule has 4 rings (SSSR count). The topological polar surface area (TPSA) is 34.0 Å². The van der Waals surface area contributed by atoms with E-state index in [4.69, 9.17) is 0 Å². The van der Waals surface area contributed by atoms with Gasteiger partial charge in [0.15, 0.2) is 0 Å². The van der Waals surface area contributed by atoms with Crippen molar-refractivity contribution in [2.45, 2.75) is 44.7 Å². The fourth-order valence-corrected chi connectivity index (χ4v) is 3.91. The summed E-state index contributed by atoms with van der Waals surface area (Å²) < 4.78 is 1.93. The average molecular weight is 346 g/mol. The summed E-state index contributed by atoms with van der Waals surface area (Å²) in [7, 11) is 0. The van der Waals surface area contributed by atoms with E-state index in [9.17, 15) is 0 Å². The van der Waals surface area contributed by atoms with Crippen molar-refractivity contribution in [1.29, 1.82) is 0 Å². The molecule has 4 nitrogen and oxygen atoms in total. The van der Waals surface area contributed by atoms with Crippen LogP contribution >= 0.6 is 0 Å².